The van der Waals surface area contributed by atoms with Crippen LogP contribution in [0.1, 0.15) is 34.1 Å². The molecule has 0 aromatic heterocycles. The van der Waals surface area contributed by atoms with E-state index in [0.717, 1.165) is 6.54 Å². The highest BCUT2D eigenvalue weighted by Gasteiger charge is 2.28. The highest BCUT2D eigenvalue weighted by Crippen LogP contribution is 2.11. The predicted octanol–water partition coefficient (Wildman–Crippen LogP) is 1.08. The predicted molar refractivity (Wildman–Crippen MR) is 84.0 cm³/mol. The lowest BCUT2D eigenvalue weighted by molar-refractivity contribution is -0.134. The van der Waals surface area contributed by atoms with Crippen LogP contribution >= 0.6 is 12.4 Å². The lowest BCUT2D eigenvalue weighted by Gasteiger charge is -2.38. The highest BCUT2D eigenvalue weighted by molar-refractivity contribution is 7.91. The van der Waals surface area contributed by atoms with Crippen molar-refractivity contribution in [3.63, 3.8) is 0 Å². The Balaban J connectivity index is 0.00000361. The third kappa shape index (κ3) is 5.97. The van der Waals surface area contributed by atoms with Crippen molar-refractivity contribution in [2.24, 2.45) is 5.92 Å². The summed E-state index contributed by atoms with van der Waals surface area (Å²) in [5, 5.41) is 3.30. The van der Waals surface area contributed by atoms with Crippen LogP contribution in [0.4, 0.5) is 0 Å². The maximum absolute atomic E-state index is 12.1. The molecule has 0 bridgehead atoms. The minimum atomic E-state index is -3.11. The van der Waals surface area contributed by atoms with E-state index in [9.17, 15) is 13.2 Å². The summed E-state index contributed by atoms with van der Waals surface area (Å²) in [7, 11) is -3.11. The Morgan fingerprint density at radius 3 is 2.50 bits per heavy atom. The van der Waals surface area contributed by atoms with Gasteiger partial charge < -0.3 is 10.2 Å². The van der Waals surface area contributed by atoms with Crippen molar-refractivity contribution in [2.75, 3.05) is 24.6 Å². The van der Waals surface area contributed by atoms with Gasteiger partial charge in [-0.2, -0.15) is 0 Å². The van der Waals surface area contributed by atoms with E-state index in [1.165, 1.54) is 0 Å². The van der Waals surface area contributed by atoms with Gasteiger partial charge in [-0.05, 0) is 19.8 Å². The smallest absolute Gasteiger partial charge is 0.223 e. The van der Waals surface area contributed by atoms with Gasteiger partial charge in [-0.25, -0.2) is 8.42 Å². The fourth-order valence-electron chi connectivity index (χ4n) is 2.39. The van der Waals surface area contributed by atoms with E-state index >= 15 is 0 Å². The van der Waals surface area contributed by atoms with Crippen molar-refractivity contribution in [1.82, 2.24) is 10.2 Å². The van der Waals surface area contributed by atoms with Crippen LogP contribution in [-0.2, 0) is 14.6 Å². The molecule has 1 heterocycles. The molecule has 1 amide bonds. The number of rotatable bonds is 5. The maximum atomic E-state index is 12.1. The van der Waals surface area contributed by atoms with Crippen LogP contribution in [0.3, 0.4) is 0 Å². The molecule has 2 unspecified atom stereocenters. The number of amides is 1. The monoisotopic (exact) mass is 326 g/mol. The average Bonchev–Trinajstić information content (AvgIpc) is 2.28. The van der Waals surface area contributed by atoms with E-state index in [-0.39, 0.29) is 54.2 Å². The summed E-state index contributed by atoms with van der Waals surface area (Å²) in [6.45, 7) is 9.22. The number of carbonyl (C=O) groups is 1. The molecular formula is C13H27ClN2O3S. The largest absolute Gasteiger partial charge is 0.337 e. The number of nitrogens with zero attached hydrogens (tertiary/aromatic N) is 1. The normalized spacial score (nSPS) is 23.6. The van der Waals surface area contributed by atoms with Crippen molar-refractivity contribution < 1.29 is 13.2 Å². The molecule has 0 aromatic rings. The lowest BCUT2D eigenvalue weighted by Crippen LogP contribution is -2.57. The second-order valence-corrected chi connectivity index (χ2v) is 8.06. The molecule has 0 radical (unpaired) electrons. The molecular weight excluding hydrogens is 300 g/mol. The van der Waals surface area contributed by atoms with Gasteiger partial charge in [0.2, 0.25) is 5.91 Å². The Morgan fingerprint density at radius 2 is 1.95 bits per heavy atom. The minimum absolute atomic E-state index is 0. The molecule has 5 nitrogen and oxygen atoms in total. The summed E-state index contributed by atoms with van der Waals surface area (Å²) >= 11 is 0. The molecule has 20 heavy (non-hydrogen) atoms. The Labute approximate surface area is 128 Å². The van der Waals surface area contributed by atoms with Gasteiger partial charge >= 0.3 is 0 Å². The first kappa shape index (κ1) is 19.7. The summed E-state index contributed by atoms with van der Waals surface area (Å²) in [5.41, 5.74) is 0. The van der Waals surface area contributed by atoms with Gasteiger partial charge in [-0.3, -0.25) is 4.79 Å². The molecule has 1 aliphatic heterocycles. The third-order valence-corrected chi connectivity index (χ3v) is 5.57. The van der Waals surface area contributed by atoms with Gasteiger partial charge in [0.15, 0.2) is 9.84 Å². The van der Waals surface area contributed by atoms with Crippen LogP contribution in [0.15, 0.2) is 0 Å². The molecule has 120 valence electrons. The number of hydrogen-bond acceptors (Lipinski definition) is 4. The van der Waals surface area contributed by atoms with Crippen molar-refractivity contribution in [2.45, 2.75) is 46.2 Å². The average molecular weight is 327 g/mol. The second kappa shape index (κ2) is 8.20. The standard InChI is InChI=1S/C13H26N2O3S.ClH/c1-10(2)9-19(17,18)8-5-13(16)15-7-6-14-11(3)12(15)4;/h10-12,14H,5-9H2,1-4H3;1H. The fraction of sp³-hybridized carbons (Fsp3) is 0.923. The summed E-state index contributed by atoms with van der Waals surface area (Å²) < 4.78 is 23.6. The van der Waals surface area contributed by atoms with Crippen LogP contribution in [0.5, 0.6) is 0 Å². The summed E-state index contributed by atoms with van der Waals surface area (Å²) in [5.74, 6) is 0.189. The molecule has 2 atom stereocenters. The van der Waals surface area contributed by atoms with Crippen molar-refractivity contribution in [3.8, 4) is 0 Å². The molecule has 7 heteroatoms. The quantitative estimate of drug-likeness (QED) is 0.821. The Hall–Kier alpha value is -0.330. The van der Waals surface area contributed by atoms with Gasteiger partial charge in [0.05, 0.1) is 11.5 Å². The molecule has 0 saturated carbocycles. The van der Waals surface area contributed by atoms with E-state index in [1.807, 2.05) is 27.7 Å². The minimum Gasteiger partial charge on any atom is -0.337 e. The number of halogens is 1. The first-order valence-electron chi connectivity index (χ1n) is 6.96. The summed E-state index contributed by atoms with van der Waals surface area (Å²) in [6.07, 6.45) is 0.103. The zero-order chi connectivity index (χ0) is 14.6. The first-order valence-corrected chi connectivity index (χ1v) is 8.78. The second-order valence-electron chi connectivity index (χ2n) is 5.83. The summed E-state index contributed by atoms with van der Waals surface area (Å²) in [6, 6.07) is 0.374. The number of carbonyl (C=O) groups excluding carboxylic acids is 1. The zero-order valence-corrected chi connectivity index (χ0v) is 14.4. The van der Waals surface area contributed by atoms with Gasteiger partial charge in [-0.1, -0.05) is 13.8 Å². The van der Waals surface area contributed by atoms with E-state index in [1.54, 1.807) is 4.90 Å². The molecule has 1 rings (SSSR count). The van der Waals surface area contributed by atoms with Crippen LogP contribution < -0.4 is 5.32 Å². The highest BCUT2D eigenvalue weighted by atomic mass is 35.5. The van der Waals surface area contributed by atoms with Gasteiger partial charge in [-0.15, -0.1) is 12.4 Å². The molecule has 1 fully saturated rings. The first-order chi connectivity index (χ1) is 8.73. The van der Waals surface area contributed by atoms with Gasteiger partial charge in [0.1, 0.15) is 0 Å². The maximum Gasteiger partial charge on any atom is 0.223 e. The number of sulfone groups is 1. The lowest BCUT2D eigenvalue weighted by atomic mass is 10.1. The number of piperazine rings is 1. The van der Waals surface area contributed by atoms with E-state index < -0.39 is 9.84 Å². The molecule has 0 spiro atoms. The summed E-state index contributed by atoms with van der Waals surface area (Å²) in [4.78, 5) is 13.9. The third-order valence-electron chi connectivity index (χ3n) is 3.57. The Morgan fingerprint density at radius 1 is 1.35 bits per heavy atom. The zero-order valence-electron chi connectivity index (χ0n) is 12.8. The van der Waals surface area contributed by atoms with E-state index in [4.69, 9.17) is 0 Å². The number of hydrogen-bond donors (Lipinski definition) is 1. The van der Waals surface area contributed by atoms with E-state index in [0.29, 0.717) is 6.54 Å². The molecule has 0 aromatic carbocycles. The topological polar surface area (TPSA) is 66.5 Å². The van der Waals surface area contributed by atoms with Gasteiger partial charge in [0, 0.05) is 31.6 Å². The molecule has 1 N–H and O–H groups in total. The van der Waals surface area contributed by atoms with Crippen molar-refractivity contribution in [1.29, 1.82) is 0 Å². The van der Waals surface area contributed by atoms with Gasteiger partial charge in [0.25, 0.3) is 0 Å². The molecule has 0 aliphatic carbocycles. The van der Waals surface area contributed by atoms with Crippen molar-refractivity contribution >= 4 is 28.2 Å². The van der Waals surface area contributed by atoms with Crippen molar-refractivity contribution in [3.05, 3.63) is 0 Å². The molecule has 1 aliphatic rings. The Bertz CT molecular complexity index is 412. The van der Waals surface area contributed by atoms with Crippen LogP contribution in [0.2, 0.25) is 0 Å². The van der Waals surface area contributed by atoms with Crippen LogP contribution in [0, 0.1) is 5.92 Å². The Kier molecular flexibility index (Phi) is 8.06. The fourth-order valence-corrected chi connectivity index (χ4v) is 4.05. The van der Waals surface area contributed by atoms with E-state index in [2.05, 4.69) is 5.32 Å². The number of nitrogens with one attached hydrogen (secondary N) is 1. The SMILES string of the molecule is CC(C)CS(=O)(=O)CCC(=O)N1CCNC(C)C1C.Cl. The molecule has 1 saturated heterocycles. The van der Waals surface area contributed by atoms with Crippen LogP contribution in [-0.4, -0.2) is 55.9 Å². The van der Waals surface area contributed by atoms with Crippen LogP contribution in [0.25, 0.3) is 0 Å².